The quantitative estimate of drug-likeness (QED) is 0.777. The Morgan fingerprint density at radius 1 is 1.26 bits per heavy atom. The molecule has 3 heterocycles. The van der Waals surface area contributed by atoms with Gasteiger partial charge in [-0.15, -0.1) is 36.2 Å². The number of hydrogen-bond donors (Lipinski definition) is 2. The van der Waals surface area contributed by atoms with Crippen LogP contribution in [0.15, 0.2) is 23.6 Å². The van der Waals surface area contributed by atoms with Gasteiger partial charge >= 0.3 is 0 Å². The molecule has 2 aromatic rings. The number of halogens is 2. The first kappa shape index (κ1) is 21.8. The van der Waals surface area contributed by atoms with Crippen molar-refractivity contribution >= 4 is 42.1 Å². The van der Waals surface area contributed by atoms with Gasteiger partial charge in [0.25, 0.3) is 5.91 Å². The average Bonchev–Trinajstić information content (AvgIpc) is 3.17. The number of ether oxygens (including phenoxy) is 2. The van der Waals surface area contributed by atoms with E-state index in [2.05, 4.69) is 15.6 Å². The van der Waals surface area contributed by atoms with Crippen LogP contribution in [0.1, 0.15) is 23.3 Å². The number of benzene rings is 1. The number of hydrogen-bond acceptors (Lipinski definition) is 6. The van der Waals surface area contributed by atoms with Crippen molar-refractivity contribution in [1.29, 1.82) is 0 Å². The largest absolute Gasteiger partial charge is 0.486 e. The molecule has 0 bridgehead atoms. The molecule has 1 atom stereocenters. The highest BCUT2D eigenvalue weighted by Gasteiger charge is 2.18. The Kier molecular flexibility index (Phi) is 8.16. The lowest BCUT2D eigenvalue weighted by Crippen LogP contribution is -2.38. The zero-order chi connectivity index (χ0) is 17.1. The molecule has 1 aromatic carbocycles. The second kappa shape index (κ2) is 10.1. The third-order valence-electron chi connectivity index (χ3n) is 4.48. The molecular formula is C18H23Cl2N3O3S. The van der Waals surface area contributed by atoms with E-state index < -0.39 is 0 Å². The van der Waals surface area contributed by atoms with E-state index in [0.717, 1.165) is 41.6 Å². The van der Waals surface area contributed by atoms with Gasteiger partial charge in [0, 0.05) is 17.5 Å². The van der Waals surface area contributed by atoms with E-state index in [1.54, 1.807) is 5.38 Å². The van der Waals surface area contributed by atoms with Crippen molar-refractivity contribution < 1.29 is 14.3 Å². The van der Waals surface area contributed by atoms with Crippen LogP contribution in [0.4, 0.5) is 0 Å². The maximum Gasteiger partial charge on any atom is 0.270 e. The molecule has 4 rings (SSSR count). The summed E-state index contributed by atoms with van der Waals surface area (Å²) in [5.41, 5.74) is 1.41. The number of fused-ring (bicyclic) bond motifs is 1. The van der Waals surface area contributed by atoms with Gasteiger partial charge in [0.1, 0.15) is 23.9 Å². The molecule has 2 aliphatic heterocycles. The molecular weight excluding hydrogens is 409 g/mol. The maximum atomic E-state index is 12.3. The second-order valence-electron chi connectivity index (χ2n) is 6.32. The average molecular weight is 432 g/mol. The number of piperidine rings is 1. The highest BCUT2D eigenvalue weighted by atomic mass is 35.5. The predicted molar refractivity (Wildman–Crippen MR) is 111 cm³/mol. The molecule has 1 fully saturated rings. The summed E-state index contributed by atoms with van der Waals surface area (Å²) >= 11 is 1.46. The van der Waals surface area contributed by atoms with Crippen molar-refractivity contribution in [3.63, 3.8) is 0 Å². The van der Waals surface area contributed by atoms with E-state index in [-0.39, 0.29) is 30.7 Å². The molecule has 0 radical (unpaired) electrons. The monoisotopic (exact) mass is 431 g/mol. The minimum atomic E-state index is -0.106. The molecule has 0 aliphatic carbocycles. The van der Waals surface area contributed by atoms with Crippen molar-refractivity contribution in [3.8, 4) is 22.1 Å². The third kappa shape index (κ3) is 5.25. The summed E-state index contributed by atoms with van der Waals surface area (Å²) in [4.78, 5) is 16.8. The van der Waals surface area contributed by atoms with Crippen molar-refractivity contribution in [2.24, 2.45) is 5.92 Å². The fourth-order valence-electron chi connectivity index (χ4n) is 3.11. The van der Waals surface area contributed by atoms with Crippen LogP contribution in [0.25, 0.3) is 10.6 Å². The van der Waals surface area contributed by atoms with Crippen LogP contribution in [-0.4, -0.2) is 43.7 Å². The smallest absolute Gasteiger partial charge is 0.270 e. The maximum absolute atomic E-state index is 12.3. The number of amides is 1. The molecule has 1 unspecified atom stereocenters. The van der Waals surface area contributed by atoms with E-state index in [0.29, 0.717) is 31.4 Å². The Bertz CT molecular complexity index is 766. The Hall–Kier alpha value is -1.54. The van der Waals surface area contributed by atoms with Crippen LogP contribution in [0, 0.1) is 5.92 Å². The fraction of sp³-hybridized carbons (Fsp3) is 0.444. The third-order valence-corrected chi connectivity index (χ3v) is 5.37. The Morgan fingerprint density at radius 2 is 2.07 bits per heavy atom. The molecule has 0 spiro atoms. The number of aromatic nitrogens is 1. The molecule has 1 aromatic heterocycles. The summed E-state index contributed by atoms with van der Waals surface area (Å²) < 4.78 is 11.1. The number of carbonyl (C=O) groups excluding carboxylic acids is 1. The number of carbonyl (C=O) groups is 1. The SMILES string of the molecule is Cl.Cl.O=C(NCC1CCCNC1)c1csc(-c2ccc3c(c2)OCCO3)n1. The van der Waals surface area contributed by atoms with Gasteiger partial charge in [-0.3, -0.25) is 4.79 Å². The molecule has 2 N–H and O–H groups in total. The number of rotatable bonds is 4. The first-order chi connectivity index (χ1) is 12.3. The molecule has 2 aliphatic rings. The van der Waals surface area contributed by atoms with E-state index in [9.17, 15) is 4.79 Å². The summed E-state index contributed by atoms with van der Waals surface area (Å²) in [6.45, 7) is 3.88. The van der Waals surface area contributed by atoms with Gasteiger partial charge in [-0.05, 0) is 50.0 Å². The molecule has 6 nitrogen and oxygen atoms in total. The van der Waals surface area contributed by atoms with Crippen molar-refractivity contribution in [3.05, 3.63) is 29.3 Å². The van der Waals surface area contributed by atoms with Crippen LogP contribution in [-0.2, 0) is 0 Å². The van der Waals surface area contributed by atoms with Gasteiger partial charge in [-0.25, -0.2) is 4.98 Å². The summed E-state index contributed by atoms with van der Waals surface area (Å²) in [5.74, 6) is 1.89. The van der Waals surface area contributed by atoms with Crippen molar-refractivity contribution in [2.75, 3.05) is 32.8 Å². The molecule has 0 saturated carbocycles. The Labute approximate surface area is 174 Å². The fourth-order valence-corrected chi connectivity index (χ4v) is 3.91. The predicted octanol–water partition coefficient (Wildman–Crippen LogP) is 3.15. The van der Waals surface area contributed by atoms with E-state index in [4.69, 9.17) is 9.47 Å². The number of nitrogens with zero attached hydrogens (tertiary/aromatic N) is 1. The van der Waals surface area contributed by atoms with Crippen LogP contribution in [0.3, 0.4) is 0 Å². The number of thiazole rings is 1. The van der Waals surface area contributed by atoms with Crippen molar-refractivity contribution in [1.82, 2.24) is 15.6 Å². The standard InChI is InChI=1S/C18H21N3O3S.2ClH/c22-17(20-10-12-2-1-5-19-9-12)14-11-25-18(21-14)13-3-4-15-16(8-13)24-7-6-23-15;;/h3-4,8,11-12,19H,1-2,5-7,9-10H2,(H,20,22);2*1H. The molecule has 9 heteroatoms. The first-order valence-corrected chi connectivity index (χ1v) is 9.52. The minimum Gasteiger partial charge on any atom is -0.486 e. The van der Waals surface area contributed by atoms with Gasteiger partial charge < -0.3 is 20.1 Å². The summed E-state index contributed by atoms with van der Waals surface area (Å²) in [6.07, 6.45) is 2.33. The molecule has 1 saturated heterocycles. The molecule has 1 amide bonds. The lowest BCUT2D eigenvalue weighted by atomic mass is 10.00. The highest BCUT2D eigenvalue weighted by molar-refractivity contribution is 7.13. The van der Waals surface area contributed by atoms with Gasteiger partial charge in [0.05, 0.1) is 0 Å². The normalized spacial score (nSPS) is 18.0. The zero-order valence-corrected chi connectivity index (χ0v) is 17.2. The van der Waals surface area contributed by atoms with E-state index >= 15 is 0 Å². The molecule has 148 valence electrons. The molecule has 27 heavy (non-hydrogen) atoms. The van der Waals surface area contributed by atoms with Gasteiger partial charge in [0.15, 0.2) is 11.5 Å². The second-order valence-corrected chi connectivity index (χ2v) is 7.18. The minimum absolute atomic E-state index is 0. The van der Waals surface area contributed by atoms with E-state index in [1.165, 1.54) is 17.8 Å². The van der Waals surface area contributed by atoms with Gasteiger partial charge in [-0.2, -0.15) is 0 Å². The van der Waals surface area contributed by atoms with Crippen LogP contribution in [0.2, 0.25) is 0 Å². The van der Waals surface area contributed by atoms with Crippen LogP contribution in [0.5, 0.6) is 11.5 Å². The zero-order valence-electron chi connectivity index (χ0n) is 14.7. The van der Waals surface area contributed by atoms with Crippen molar-refractivity contribution in [2.45, 2.75) is 12.8 Å². The van der Waals surface area contributed by atoms with Crippen LogP contribution >= 0.6 is 36.2 Å². The summed E-state index contributed by atoms with van der Waals surface area (Å²) in [7, 11) is 0. The Balaban J connectivity index is 0.00000131. The lowest BCUT2D eigenvalue weighted by molar-refractivity contribution is 0.0940. The highest BCUT2D eigenvalue weighted by Crippen LogP contribution is 2.35. The summed E-state index contributed by atoms with van der Waals surface area (Å²) in [5, 5.41) is 8.98. The topological polar surface area (TPSA) is 72.5 Å². The van der Waals surface area contributed by atoms with E-state index in [1.807, 2.05) is 18.2 Å². The van der Waals surface area contributed by atoms with Gasteiger partial charge in [-0.1, -0.05) is 0 Å². The lowest BCUT2D eigenvalue weighted by Gasteiger charge is -2.22. The Morgan fingerprint density at radius 3 is 2.85 bits per heavy atom. The summed E-state index contributed by atoms with van der Waals surface area (Å²) in [6, 6.07) is 5.76. The first-order valence-electron chi connectivity index (χ1n) is 8.64. The van der Waals surface area contributed by atoms with Gasteiger partial charge in [0.2, 0.25) is 0 Å². The van der Waals surface area contributed by atoms with Crippen LogP contribution < -0.4 is 20.1 Å². The number of nitrogens with one attached hydrogen (secondary N) is 2.